The van der Waals surface area contributed by atoms with E-state index >= 15 is 0 Å². The first-order chi connectivity index (χ1) is 6.20. The summed E-state index contributed by atoms with van der Waals surface area (Å²) in [6.45, 7) is 2.49. The Bertz CT molecular complexity index is 125. The van der Waals surface area contributed by atoms with Crippen molar-refractivity contribution in [3.05, 3.63) is 12.8 Å². The summed E-state index contributed by atoms with van der Waals surface area (Å²) in [6, 6.07) is 0. The van der Waals surface area contributed by atoms with Gasteiger partial charge in [-0.25, -0.2) is 0 Å². The van der Waals surface area contributed by atoms with Gasteiger partial charge < -0.3 is 9.47 Å². The molecular weight excluding hydrogens is 205 g/mol. The average molecular weight is 221 g/mol. The normalized spacial score (nSPS) is 10.8. The minimum absolute atomic E-state index is 0.250. The molecule has 6 heteroatoms. The summed E-state index contributed by atoms with van der Waals surface area (Å²) in [5.74, 6) is 2.03. The molecule has 0 bridgehead atoms. The number of hydrogen-bond donors (Lipinski definition) is 1. The highest BCUT2D eigenvalue weighted by Gasteiger charge is 2.17. The molecule has 0 fully saturated rings. The van der Waals surface area contributed by atoms with Gasteiger partial charge in [-0.15, -0.1) is 5.79 Å². The second kappa shape index (κ2) is 11.9. The van der Waals surface area contributed by atoms with Crippen molar-refractivity contribution in [3.8, 4) is 0 Å². The van der Waals surface area contributed by atoms with Crippen molar-refractivity contribution in [3.63, 3.8) is 0 Å². The third kappa shape index (κ3) is 11.9. The van der Waals surface area contributed by atoms with Crippen molar-refractivity contribution in [2.45, 2.75) is 12.3 Å². The zero-order chi connectivity index (χ0) is 10.7. The van der Waals surface area contributed by atoms with E-state index in [0.717, 1.165) is 6.40 Å². The molecule has 0 saturated heterocycles. The molecule has 75 valence electrons. The fourth-order valence-corrected chi connectivity index (χ4v) is 0.774. The lowest BCUT2D eigenvalue weighted by molar-refractivity contribution is -0.163. The Morgan fingerprint density at radius 2 is 1.92 bits per heavy atom. The van der Waals surface area contributed by atoms with Crippen molar-refractivity contribution < 1.29 is 13.7 Å². The molecule has 0 heterocycles. The van der Waals surface area contributed by atoms with E-state index < -0.39 is 6.48 Å². The monoisotopic (exact) mass is 221 g/mol. The van der Waals surface area contributed by atoms with Gasteiger partial charge in [0.05, 0.1) is 6.26 Å². The van der Waals surface area contributed by atoms with Crippen LogP contribution in [0, 0.1) is 5.41 Å². The van der Waals surface area contributed by atoms with Crippen LogP contribution in [0.3, 0.4) is 0 Å². The Morgan fingerprint density at radius 1 is 1.38 bits per heavy atom. The molecule has 0 aromatic rings. The lowest BCUT2D eigenvalue weighted by atomic mass is 11.1. The van der Waals surface area contributed by atoms with Gasteiger partial charge in [0.2, 0.25) is 0 Å². The van der Waals surface area contributed by atoms with E-state index in [4.69, 9.17) is 14.3 Å². The maximum atomic E-state index is 6.62. The second-order valence-electron chi connectivity index (χ2n) is 1.68. The summed E-state index contributed by atoms with van der Waals surface area (Å²) >= 11 is 1.61. The minimum atomic E-state index is -0.844. The average Bonchev–Trinajstić information content (AvgIpc) is 2.08. The predicted octanol–water partition coefficient (Wildman–Crippen LogP) is 0.799. The Labute approximate surface area is 90.7 Å². The van der Waals surface area contributed by atoms with E-state index in [1.54, 1.807) is 0 Å². The van der Waals surface area contributed by atoms with Gasteiger partial charge in [-0.2, -0.15) is 0 Å². The van der Waals surface area contributed by atoms with Gasteiger partial charge in [0.15, 0.2) is 33.9 Å². The molecule has 0 aliphatic carbocycles. The Balaban J connectivity index is 0. The number of nitrogens with one attached hydrogen (secondary N) is 1. The van der Waals surface area contributed by atoms with E-state index in [2.05, 4.69) is 11.3 Å². The van der Waals surface area contributed by atoms with Crippen molar-refractivity contribution >= 4 is 33.9 Å². The Kier molecular flexibility index (Phi) is 14.0. The van der Waals surface area contributed by atoms with Gasteiger partial charge in [-0.3, -0.25) is 5.41 Å². The molecule has 1 radical (unpaired) electrons. The van der Waals surface area contributed by atoms with E-state index in [-0.39, 0.29) is 11.2 Å². The van der Waals surface area contributed by atoms with E-state index in [0.29, 0.717) is 0 Å². The molecule has 0 aliphatic heterocycles. The van der Waals surface area contributed by atoms with E-state index in [1.807, 2.05) is 34.6 Å². The maximum absolute atomic E-state index is 6.62. The van der Waals surface area contributed by atoms with E-state index in [9.17, 15) is 0 Å². The fraction of sp³-hybridized carbons (Fsp3) is 0.571. The highest BCUT2D eigenvalue weighted by atomic mass is 32.2. The van der Waals surface area contributed by atoms with Crippen LogP contribution < -0.4 is 0 Å². The molecule has 0 saturated carbocycles. The number of ether oxygens (including phenoxy) is 2. The number of rotatable bonds is 6. The van der Waals surface area contributed by atoms with Crippen molar-refractivity contribution in [2.24, 2.45) is 0 Å². The molecule has 1 atom stereocenters. The van der Waals surface area contributed by atoms with Gasteiger partial charge in [0.1, 0.15) is 12.5 Å². The fourth-order valence-electron chi connectivity index (χ4n) is 0.369. The molecule has 1 unspecified atom stereocenters. The zero-order valence-corrected chi connectivity index (χ0v) is 10.5. The van der Waals surface area contributed by atoms with Crippen molar-refractivity contribution in [2.75, 3.05) is 12.5 Å². The molecular formula is C7H16AlNO3S+. The van der Waals surface area contributed by atoms with Crippen LogP contribution in [0.5, 0.6) is 0 Å². The molecule has 0 amide bonds. The first kappa shape index (κ1) is 15.3. The first-order valence-corrected chi connectivity index (χ1v) is 6.95. The van der Waals surface area contributed by atoms with Gasteiger partial charge in [0.25, 0.3) is 0 Å². The summed E-state index contributed by atoms with van der Waals surface area (Å²) in [5, 5.41) is 6.62. The lowest BCUT2D eigenvalue weighted by Gasteiger charge is -2.10. The predicted molar refractivity (Wildman–Crippen MR) is 58.2 cm³/mol. The van der Waals surface area contributed by atoms with Crippen LogP contribution in [0.15, 0.2) is 12.8 Å². The van der Waals surface area contributed by atoms with Gasteiger partial charge in [-0.05, 0) is 0 Å². The van der Waals surface area contributed by atoms with Crippen LogP contribution in [-0.2, 0) is 24.8 Å². The quantitative estimate of drug-likeness (QED) is 0.180. The van der Waals surface area contributed by atoms with Crippen LogP contribution in [0.4, 0.5) is 0 Å². The highest BCUT2D eigenvalue weighted by Crippen LogP contribution is 2.00. The molecule has 0 rings (SSSR count). The SMILES string of the molecule is C=COC(OC=N)O[S+](C)C.[CH3][AlH]. The van der Waals surface area contributed by atoms with Crippen LogP contribution >= 0.6 is 0 Å². The largest absolute Gasteiger partial charge is 0.438 e. The highest BCUT2D eigenvalue weighted by molar-refractivity contribution is 7.90. The van der Waals surface area contributed by atoms with Crippen molar-refractivity contribution in [1.29, 1.82) is 5.41 Å². The molecule has 0 spiro atoms. The summed E-state index contributed by atoms with van der Waals surface area (Å²) in [7, 11) is 0. The smallest absolute Gasteiger partial charge is 0.406 e. The van der Waals surface area contributed by atoms with Crippen LogP contribution in [0.2, 0.25) is 5.79 Å². The third-order valence-corrected chi connectivity index (χ3v) is 1.20. The second-order valence-corrected chi connectivity index (χ2v) is 3.36. The van der Waals surface area contributed by atoms with Crippen LogP contribution in [0.25, 0.3) is 0 Å². The Hall–Kier alpha value is -0.148. The summed E-state index contributed by atoms with van der Waals surface area (Å²) < 4.78 is 14.5. The number of hydrogen-bond acceptors (Lipinski definition) is 4. The van der Waals surface area contributed by atoms with Crippen LogP contribution in [0.1, 0.15) is 0 Å². The van der Waals surface area contributed by atoms with Gasteiger partial charge >= 0.3 is 6.48 Å². The van der Waals surface area contributed by atoms with Gasteiger partial charge in [-0.1, -0.05) is 10.8 Å². The van der Waals surface area contributed by atoms with E-state index in [1.165, 1.54) is 6.26 Å². The van der Waals surface area contributed by atoms with Crippen molar-refractivity contribution in [1.82, 2.24) is 0 Å². The molecule has 4 nitrogen and oxygen atoms in total. The zero-order valence-electron chi connectivity index (χ0n) is 8.28. The molecule has 0 aromatic heterocycles. The lowest BCUT2D eigenvalue weighted by Crippen LogP contribution is -2.21. The summed E-state index contributed by atoms with van der Waals surface area (Å²) in [5.41, 5.74) is 0. The molecule has 13 heavy (non-hydrogen) atoms. The first-order valence-electron chi connectivity index (χ1n) is 3.57. The molecule has 0 aliphatic rings. The topological polar surface area (TPSA) is 51.5 Å². The maximum Gasteiger partial charge on any atom is 0.406 e. The Morgan fingerprint density at radius 3 is 2.23 bits per heavy atom. The third-order valence-electron chi connectivity index (χ3n) is 0.658. The molecule has 1 N–H and O–H groups in total. The minimum Gasteiger partial charge on any atom is -0.438 e. The summed E-state index contributed by atoms with van der Waals surface area (Å²) in [6.07, 6.45) is 5.71. The standard InChI is InChI=1S/C6H12NO3S.CH3.Al.H/c1-4-8-6(9-5-7)10-11(2)3;;;/h4-7H,1H2,2-3H3;1H3;;/q+1;;;. The molecule has 0 aromatic carbocycles. The van der Waals surface area contributed by atoms with Gasteiger partial charge in [0, 0.05) is 0 Å². The summed E-state index contributed by atoms with van der Waals surface area (Å²) in [4.78, 5) is 0. The van der Waals surface area contributed by atoms with Crippen LogP contribution in [-0.4, -0.2) is 41.7 Å².